The van der Waals surface area contributed by atoms with Gasteiger partial charge in [0.1, 0.15) is 5.75 Å². The van der Waals surface area contributed by atoms with Crippen molar-refractivity contribution in [1.82, 2.24) is 4.90 Å². The number of likely N-dealkylation sites (tertiary alicyclic amines) is 1. The number of carbonyl (C=O) groups is 2. The van der Waals surface area contributed by atoms with E-state index in [1.165, 1.54) is 6.07 Å². The molecule has 1 unspecified atom stereocenters. The highest BCUT2D eigenvalue weighted by Gasteiger charge is 2.43. The van der Waals surface area contributed by atoms with Crippen LogP contribution in [0.1, 0.15) is 30.1 Å². The summed E-state index contributed by atoms with van der Waals surface area (Å²) in [5, 5.41) is 12.4. The molecule has 3 rings (SSSR count). The zero-order chi connectivity index (χ0) is 20.7. The first-order valence-electron chi connectivity index (χ1n) is 8.52. The summed E-state index contributed by atoms with van der Waals surface area (Å²) in [6.45, 7) is 2.55. The molecular formula is C17H18BrF3N2O5. The van der Waals surface area contributed by atoms with Crippen molar-refractivity contribution in [2.45, 2.75) is 31.8 Å². The summed E-state index contributed by atoms with van der Waals surface area (Å²) in [6, 6.07) is 3.07. The number of halogens is 4. The number of rotatable bonds is 4. The molecule has 1 saturated heterocycles. The second-order valence-electron chi connectivity index (χ2n) is 6.87. The number of hydrogen-bond donors (Lipinski definition) is 2. The Morgan fingerprint density at radius 2 is 2.04 bits per heavy atom. The third-order valence-electron chi connectivity index (χ3n) is 4.87. The van der Waals surface area contributed by atoms with Crippen molar-refractivity contribution in [3.8, 4) is 5.75 Å². The second-order valence-corrected chi connectivity index (χ2v) is 7.72. The van der Waals surface area contributed by atoms with Gasteiger partial charge in [0.2, 0.25) is 5.85 Å². The van der Waals surface area contributed by atoms with Gasteiger partial charge in [-0.25, -0.2) is 14.5 Å². The molecule has 11 heteroatoms. The number of anilines is 1. The minimum atomic E-state index is -4.98. The molecule has 0 aliphatic carbocycles. The zero-order valence-corrected chi connectivity index (χ0v) is 16.4. The molecule has 0 radical (unpaired) electrons. The first kappa shape index (κ1) is 20.7. The third-order valence-corrected chi connectivity index (χ3v) is 5.53. The molecular weight excluding hydrogens is 449 g/mol. The number of hydrogen-bond acceptors (Lipinski definition) is 6. The van der Waals surface area contributed by atoms with Crippen molar-refractivity contribution < 1.29 is 37.3 Å². The third kappa shape index (κ3) is 4.19. The summed E-state index contributed by atoms with van der Waals surface area (Å²) < 4.78 is 47.4. The summed E-state index contributed by atoms with van der Waals surface area (Å²) in [6.07, 6.45) is -3.91. The number of ether oxygens (including phenoxy) is 2. The molecule has 1 aromatic carbocycles. The van der Waals surface area contributed by atoms with E-state index in [1.807, 2.05) is 4.90 Å². The maximum Gasteiger partial charge on any atom is 0.490 e. The number of nitrogens with zero attached hydrogens (tertiary/aromatic N) is 1. The van der Waals surface area contributed by atoms with Gasteiger partial charge in [0.05, 0.1) is 17.9 Å². The minimum absolute atomic E-state index is 0.101. The molecule has 0 amide bonds. The van der Waals surface area contributed by atoms with E-state index in [2.05, 4.69) is 26.0 Å². The number of benzene rings is 1. The molecule has 0 saturated carbocycles. The number of fused-ring (bicyclic) bond motifs is 1. The fourth-order valence-corrected chi connectivity index (χ4v) is 3.83. The summed E-state index contributed by atoms with van der Waals surface area (Å²) >= 11 is 3.21. The van der Waals surface area contributed by atoms with Crippen LogP contribution in [-0.2, 0) is 9.53 Å². The van der Waals surface area contributed by atoms with Gasteiger partial charge < -0.3 is 19.9 Å². The van der Waals surface area contributed by atoms with Crippen LogP contribution in [0.4, 0.5) is 18.9 Å². The average Bonchev–Trinajstić information content (AvgIpc) is 2.94. The van der Waals surface area contributed by atoms with Gasteiger partial charge in [0, 0.05) is 24.5 Å². The van der Waals surface area contributed by atoms with Gasteiger partial charge in [0.25, 0.3) is 0 Å². The number of carbonyl (C=O) groups excluding carboxylic acids is 1. The van der Waals surface area contributed by atoms with Crippen LogP contribution in [0.3, 0.4) is 0 Å². The van der Waals surface area contributed by atoms with E-state index in [0.717, 1.165) is 0 Å². The minimum Gasteiger partial charge on any atom is -0.478 e. The summed E-state index contributed by atoms with van der Waals surface area (Å²) in [4.78, 5) is 24.1. The fourth-order valence-electron chi connectivity index (χ4n) is 3.34. The summed E-state index contributed by atoms with van der Waals surface area (Å²) in [5.41, 5.74) is 0.647. The standard InChI is InChI=1S/C17H18BrF3N2O5/c1-16(22-12-6-10(14(24)25)11(18)7-13(12)28-16)23-4-2-9(3-5-23)8-27-15(26)17(19,20)21/h6-7,9,22H,2-5,8H2,1H3,(H,24,25). The van der Waals surface area contributed by atoms with Gasteiger partial charge in [-0.15, -0.1) is 0 Å². The van der Waals surface area contributed by atoms with Gasteiger partial charge in [0.15, 0.2) is 0 Å². The normalized spacial score (nSPS) is 22.9. The maximum absolute atomic E-state index is 12.2. The lowest BCUT2D eigenvalue weighted by molar-refractivity contribution is -0.201. The van der Waals surface area contributed by atoms with E-state index in [1.54, 1.807) is 13.0 Å². The monoisotopic (exact) mass is 466 g/mol. The van der Waals surface area contributed by atoms with Crippen LogP contribution >= 0.6 is 15.9 Å². The van der Waals surface area contributed by atoms with Crippen LogP contribution in [-0.4, -0.2) is 53.7 Å². The highest BCUT2D eigenvalue weighted by atomic mass is 79.9. The van der Waals surface area contributed by atoms with Crippen molar-refractivity contribution in [2.75, 3.05) is 25.0 Å². The molecule has 2 N–H and O–H groups in total. The number of esters is 1. The smallest absolute Gasteiger partial charge is 0.478 e. The fraction of sp³-hybridized carbons (Fsp3) is 0.529. The molecule has 2 aliphatic heterocycles. The van der Waals surface area contributed by atoms with Gasteiger partial charge in [-0.05, 0) is 46.8 Å². The van der Waals surface area contributed by atoms with Crippen LogP contribution in [0, 0.1) is 5.92 Å². The maximum atomic E-state index is 12.2. The van der Waals surface area contributed by atoms with Gasteiger partial charge >= 0.3 is 18.1 Å². The quantitative estimate of drug-likeness (QED) is 0.657. The van der Waals surface area contributed by atoms with E-state index < -0.39 is 24.0 Å². The molecule has 28 heavy (non-hydrogen) atoms. The summed E-state index contributed by atoms with van der Waals surface area (Å²) in [5.74, 6) is -3.81. The lowest BCUT2D eigenvalue weighted by Gasteiger charge is -2.41. The number of nitrogens with one attached hydrogen (secondary N) is 1. The first-order chi connectivity index (χ1) is 13.0. The highest BCUT2D eigenvalue weighted by molar-refractivity contribution is 9.10. The number of alkyl halides is 3. The van der Waals surface area contributed by atoms with Crippen molar-refractivity contribution >= 4 is 33.6 Å². The first-order valence-corrected chi connectivity index (χ1v) is 9.32. The Labute approximate surface area is 166 Å². The van der Waals surface area contributed by atoms with Gasteiger partial charge in [-0.3, -0.25) is 0 Å². The molecule has 0 aromatic heterocycles. The molecule has 2 heterocycles. The zero-order valence-electron chi connectivity index (χ0n) is 14.8. The van der Waals surface area contributed by atoms with Crippen molar-refractivity contribution in [2.24, 2.45) is 5.92 Å². The molecule has 154 valence electrons. The SMILES string of the molecule is CC1(N2CCC(COC(=O)C(F)(F)F)CC2)Nc2cc(C(=O)O)c(Br)cc2O1. The van der Waals surface area contributed by atoms with Gasteiger partial charge in [-0.2, -0.15) is 13.2 Å². The number of piperidine rings is 1. The van der Waals surface area contributed by atoms with Crippen molar-refractivity contribution in [1.29, 1.82) is 0 Å². The Morgan fingerprint density at radius 3 is 2.61 bits per heavy atom. The van der Waals surface area contributed by atoms with E-state index in [4.69, 9.17) is 4.74 Å². The van der Waals surface area contributed by atoms with Crippen LogP contribution < -0.4 is 10.1 Å². The molecule has 7 nitrogen and oxygen atoms in total. The largest absolute Gasteiger partial charge is 0.490 e. The molecule has 1 fully saturated rings. The molecule has 2 aliphatic rings. The lowest BCUT2D eigenvalue weighted by atomic mass is 9.97. The van der Waals surface area contributed by atoms with Gasteiger partial charge in [-0.1, -0.05) is 0 Å². The Bertz CT molecular complexity index is 796. The Balaban J connectivity index is 1.59. The second kappa shape index (κ2) is 7.43. The molecule has 0 bridgehead atoms. The number of aromatic carboxylic acids is 1. The number of carboxylic acids is 1. The number of carboxylic acid groups (broad SMARTS) is 1. The Kier molecular flexibility index (Phi) is 5.50. The predicted octanol–water partition coefficient (Wildman–Crippen LogP) is 3.44. The predicted molar refractivity (Wildman–Crippen MR) is 95.1 cm³/mol. The van der Waals surface area contributed by atoms with E-state index in [0.29, 0.717) is 41.8 Å². The highest BCUT2D eigenvalue weighted by Crippen LogP contribution is 2.42. The Morgan fingerprint density at radius 1 is 1.39 bits per heavy atom. The molecule has 1 aromatic rings. The lowest BCUT2D eigenvalue weighted by Crippen LogP contribution is -2.56. The van der Waals surface area contributed by atoms with Crippen LogP contribution in [0.15, 0.2) is 16.6 Å². The Hall–Kier alpha value is -2.01. The summed E-state index contributed by atoms with van der Waals surface area (Å²) in [7, 11) is 0. The van der Waals surface area contributed by atoms with E-state index >= 15 is 0 Å². The van der Waals surface area contributed by atoms with Crippen molar-refractivity contribution in [3.05, 3.63) is 22.2 Å². The molecule has 1 atom stereocenters. The van der Waals surface area contributed by atoms with Crippen LogP contribution in [0.5, 0.6) is 5.75 Å². The van der Waals surface area contributed by atoms with Crippen molar-refractivity contribution in [3.63, 3.8) is 0 Å². The average molecular weight is 467 g/mol. The van der Waals surface area contributed by atoms with Crippen LogP contribution in [0.25, 0.3) is 0 Å². The molecule has 0 spiro atoms. The van der Waals surface area contributed by atoms with Crippen LogP contribution in [0.2, 0.25) is 0 Å². The van der Waals surface area contributed by atoms with E-state index in [9.17, 15) is 27.9 Å². The topological polar surface area (TPSA) is 88.1 Å². The van der Waals surface area contributed by atoms with E-state index in [-0.39, 0.29) is 18.1 Å².